The number of hydrogen-bond donors (Lipinski definition) is 3. The maximum atomic E-state index is 12.0. The third-order valence-corrected chi connectivity index (χ3v) is 5.68. The van der Waals surface area contributed by atoms with Gasteiger partial charge in [-0.25, -0.2) is 0 Å². The van der Waals surface area contributed by atoms with Crippen molar-refractivity contribution in [3.05, 3.63) is 71.6 Å². The first-order valence-corrected chi connectivity index (χ1v) is 11.1. The van der Waals surface area contributed by atoms with Crippen molar-refractivity contribution in [3.8, 4) is 16.2 Å². The van der Waals surface area contributed by atoms with Gasteiger partial charge in [-0.05, 0) is 60.9 Å². The van der Waals surface area contributed by atoms with Gasteiger partial charge in [-0.2, -0.15) is 0 Å². The van der Waals surface area contributed by atoms with E-state index in [0.29, 0.717) is 12.3 Å². The van der Waals surface area contributed by atoms with Crippen LogP contribution in [0.5, 0.6) is 5.75 Å². The Bertz CT molecular complexity index is 913. The van der Waals surface area contributed by atoms with Gasteiger partial charge in [0.2, 0.25) is 5.91 Å². The predicted octanol–water partition coefficient (Wildman–Crippen LogP) is 4.47. The van der Waals surface area contributed by atoms with Crippen molar-refractivity contribution in [1.29, 1.82) is 0 Å². The number of ether oxygens (including phenoxy) is 1. The molecule has 6 heteroatoms. The summed E-state index contributed by atoms with van der Waals surface area (Å²) in [6.07, 6.45) is 4.32. The lowest BCUT2D eigenvalue weighted by molar-refractivity contribution is -0.118. The molecule has 0 saturated carbocycles. The van der Waals surface area contributed by atoms with Crippen LogP contribution in [0.4, 0.5) is 5.69 Å². The van der Waals surface area contributed by atoms with Crippen LogP contribution >= 0.6 is 11.3 Å². The second-order valence-corrected chi connectivity index (χ2v) is 8.06. The molecular weight excluding hydrogens is 396 g/mol. The summed E-state index contributed by atoms with van der Waals surface area (Å²) in [4.78, 5) is 13.0. The predicted molar refractivity (Wildman–Crippen MR) is 123 cm³/mol. The third kappa shape index (κ3) is 6.42. The Hall–Kier alpha value is -2.67. The molecule has 0 aliphatic carbocycles. The van der Waals surface area contributed by atoms with Crippen LogP contribution in [0.25, 0.3) is 10.4 Å². The van der Waals surface area contributed by atoms with Crippen molar-refractivity contribution in [1.82, 2.24) is 0 Å². The van der Waals surface area contributed by atoms with Gasteiger partial charge in [0.25, 0.3) is 0 Å². The summed E-state index contributed by atoms with van der Waals surface area (Å²) in [6.45, 7) is 0.253. The average Bonchev–Trinajstić information content (AvgIpc) is 3.31. The molecule has 0 spiro atoms. The lowest BCUT2D eigenvalue weighted by Gasteiger charge is -2.14. The topological polar surface area (TPSA) is 84.6 Å². The van der Waals surface area contributed by atoms with Crippen molar-refractivity contribution in [2.75, 3.05) is 18.5 Å². The van der Waals surface area contributed by atoms with E-state index in [0.717, 1.165) is 41.9 Å². The molecule has 1 heterocycles. The van der Waals surface area contributed by atoms with Crippen LogP contribution in [-0.4, -0.2) is 30.3 Å². The number of rotatable bonds is 11. The zero-order valence-electron chi connectivity index (χ0n) is 16.9. The van der Waals surface area contributed by atoms with E-state index in [1.165, 1.54) is 5.56 Å². The molecule has 1 atom stereocenters. The first-order valence-electron chi connectivity index (χ1n) is 10.2. The zero-order chi connectivity index (χ0) is 21.2. The zero-order valence-corrected chi connectivity index (χ0v) is 17.7. The molecule has 0 fully saturated rings. The summed E-state index contributed by atoms with van der Waals surface area (Å²) in [7, 11) is 0. The van der Waals surface area contributed by atoms with E-state index in [1.54, 1.807) is 17.4 Å². The van der Waals surface area contributed by atoms with E-state index >= 15 is 0 Å². The van der Waals surface area contributed by atoms with E-state index in [-0.39, 0.29) is 0 Å². The Balaban J connectivity index is 1.56. The molecular formula is C24H28N2O3S. The summed E-state index contributed by atoms with van der Waals surface area (Å²) >= 11 is 1.62. The Morgan fingerprint density at radius 3 is 2.63 bits per heavy atom. The van der Waals surface area contributed by atoms with E-state index in [1.807, 2.05) is 35.7 Å². The molecule has 3 aromatic rings. The van der Waals surface area contributed by atoms with Crippen molar-refractivity contribution in [2.45, 2.75) is 31.7 Å². The van der Waals surface area contributed by atoms with E-state index in [4.69, 9.17) is 15.6 Å². The number of nitrogens with two attached hydrogens (primary N) is 1. The monoisotopic (exact) mass is 424 g/mol. The van der Waals surface area contributed by atoms with Crippen LogP contribution in [0.3, 0.4) is 0 Å². The van der Waals surface area contributed by atoms with Crippen LogP contribution in [0.1, 0.15) is 24.8 Å². The van der Waals surface area contributed by atoms with Gasteiger partial charge >= 0.3 is 0 Å². The number of aryl methyl sites for hydroxylation is 1. The number of amides is 1. The Morgan fingerprint density at radius 1 is 1.07 bits per heavy atom. The number of aliphatic hydroxyl groups is 1. The lowest BCUT2D eigenvalue weighted by Crippen LogP contribution is -2.38. The Labute approximate surface area is 181 Å². The number of anilines is 1. The summed E-state index contributed by atoms with van der Waals surface area (Å²) in [5, 5.41) is 13.8. The highest BCUT2D eigenvalue weighted by molar-refractivity contribution is 7.13. The third-order valence-electron chi connectivity index (χ3n) is 4.78. The van der Waals surface area contributed by atoms with Gasteiger partial charge in [0.1, 0.15) is 11.8 Å². The summed E-state index contributed by atoms with van der Waals surface area (Å²) < 4.78 is 6.07. The summed E-state index contributed by atoms with van der Waals surface area (Å²) in [5.74, 6) is 0.381. The first-order chi connectivity index (χ1) is 14.7. The first kappa shape index (κ1) is 22.0. The Morgan fingerprint density at radius 2 is 1.90 bits per heavy atom. The van der Waals surface area contributed by atoms with Crippen molar-refractivity contribution >= 4 is 22.9 Å². The highest BCUT2D eigenvalue weighted by atomic mass is 32.1. The maximum absolute atomic E-state index is 12.0. The fourth-order valence-electron chi connectivity index (χ4n) is 3.11. The lowest BCUT2D eigenvalue weighted by atomic mass is 10.1. The molecule has 1 aromatic heterocycles. The summed E-state index contributed by atoms with van der Waals surface area (Å²) in [5.41, 5.74) is 8.52. The molecule has 3 rings (SSSR count). The van der Waals surface area contributed by atoms with Crippen molar-refractivity contribution in [3.63, 3.8) is 0 Å². The normalized spacial score (nSPS) is 11.8. The van der Waals surface area contributed by atoms with Gasteiger partial charge in [0.15, 0.2) is 0 Å². The molecule has 1 unspecified atom stereocenters. The van der Waals surface area contributed by atoms with Gasteiger partial charge in [-0.15, -0.1) is 11.3 Å². The number of nitrogens with one attached hydrogen (secondary N) is 1. The van der Waals surface area contributed by atoms with Gasteiger partial charge in [0, 0.05) is 16.1 Å². The van der Waals surface area contributed by atoms with Gasteiger partial charge in [-0.3, -0.25) is 4.79 Å². The average molecular weight is 425 g/mol. The molecule has 1 amide bonds. The molecule has 0 aliphatic rings. The number of carbonyl (C=O) groups is 1. The van der Waals surface area contributed by atoms with E-state index in [9.17, 15) is 4.79 Å². The van der Waals surface area contributed by atoms with Crippen LogP contribution in [-0.2, 0) is 11.2 Å². The molecule has 0 saturated heterocycles. The smallest absolute Gasteiger partial charge is 0.243 e. The molecule has 158 valence electrons. The number of aliphatic hydroxyl groups excluding tert-OH is 1. The van der Waals surface area contributed by atoms with Crippen molar-refractivity contribution in [2.24, 2.45) is 5.73 Å². The summed E-state index contributed by atoms with van der Waals surface area (Å²) in [6, 6.07) is 19.2. The molecule has 2 aromatic carbocycles. The van der Waals surface area contributed by atoms with E-state index in [2.05, 4.69) is 29.6 Å². The van der Waals surface area contributed by atoms with Crippen LogP contribution < -0.4 is 15.8 Å². The minimum Gasteiger partial charge on any atom is -0.493 e. The molecule has 5 nitrogen and oxygen atoms in total. The molecule has 30 heavy (non-hydrogen) atoms. The second kappa shape index (κ2) is 11.5. The number of thiophene rings is 1. The number of hydrogen-bond acceptors (Lipinski definition) is 5. The fraction of sp³-hybridized carbons (Fsp3) is 0.292. The highest BCUT2D eigenvalue weighted by Crippen LogP contribution is 2.35. The highest BCUT2D eigenvalue weighted by Gasteiger charge is 2.14. The van der Waals surface area contributed by atoms with Gasteiger partial charge in [-0.1, -0.05) is 36.4 Å². The fourth-order valence-corrected chi connectivity index (χ4v) is 3.86. The number of benzene rings is 2. The van der Waals surface area contributed by atoms with Crippen LogP contribution in [0, 0.1) is 0 Å². The molecule has 0 radical (unpaired) electrons. The molecule has 0 bridgehead atoms. The SMILES string of the molecule is NC(CO)C(=O)Nc1ccc(OCCCCCc2ccccc2)c(-c2cccs2)c1. The van der Waals surface area contributed by atoms with Crippen LogP contribution in [0.2, 0.25) is 0 Å². The Kier molecular flexibility index (Phi) is 8.44. The second-order valence-electron chi connectivity index (χ2n) is 7.11. The standard InChI is InChI=1S/C24H28N2O3S/c25-21(17-27)24(28)26-19-12-13-22(20(16-19)23-11-7-15-30-23)29-14-6-2-5-10-18-8-3-1-4-9-18/h1,3-4,7-9,11-13,15-16,21,27H,2,5-6,10,14,17,25H2,(H,26,28). The molecule has 4 N–H and O–H groups in total. The molecule has 0 aliphatic heterocycles. The van der Waals surface area contributed by atoms with Crippen molar-refractivity contribution < 1.29 is 14.6 Å². The minimum absolute atomic E-state index is 0.394. The van der Waals surface area contributed by atoms with Crippen LogP contribution in [0.15, 0.2) is 66.0 Å². The minimum atomic E-state index is -0.943. The largest absolute Gasteiger partial charge is 0.493 e. The van der Waals surface area contributed by atoms with Gasteiger partial charge in [0.05, 0.1) is 13.2 Å². The maximum Gasteiger partial charge on any atom is 0.243 e. The number of unbranched alkanes of at least 4 members (excludes halogenated alkanes) is 2. The van der Waals surface area contributed by atoms with E-state index < -0.39 is 18.6 Å². The van der Waals surface area contributed by atoms with Gasteiger partial charge < -0.3 is 20.9 Å². The quantitative estimate of drug-likeness (QED) is 0.397. The number of carbonyl (C=O) groups excluding carboxylic acids is 1.